The molecule has 1 aliphatic heterocycles. The molecular weight excluding hydrogens is 411 g/mol. The molecule has 0 amide bonds. The smallest absolute Gasteiger partial charge is 0.180 e. The molecule has 2 aromatic heterocycles. The maximum atomic E-state index is 14.7. The lowest BCUT2D eigenvalue weighted by Crippen LogP contribution is -2.37. The molecule has 4 rings (SSSR count). The molecule has 1 unspecified atom stereocenters. The van der Waals surface area contributed by atoms with Gasteiger partial charge in [-0.2, -0.15) is 12.6 Å². The van der Waals surface area contributed by atoms with Crippen molar-refractivity contribution in [1.82, 2.24) is 15.0 Å². The normalized spacial score (nSPS) is 16.5. The van der Waals surface area contributed by atoms with Gasteiger partial charge in [0, 0.05) is 35.9 Å². The zero-order valence-corrected chi connectivity index (χ0v) is 17.5. The maximum Gasteiger partial charge on any atom is 0.180 e. The fourth-order valence-corrected chi connectivity index (χ4v) is 4.10. The van der Waals surface area contributed by atoms with Crippen molar-refractivity contribution in [3.05, 3.63) is 70.8 Å². The molecule has 1 saturated heterocycles. The number of nitrogens with zero attached hydrogens (tertiary/aromatic N) is 4. The number of aromatic nitrogens is 3. The summed E-state index contributed by atoms with van der Waals surface area (Å²) >= 11 is 11.1. The first-order chi connectivity index (χ1) is 14.0. The van der Waals surface area contributed by atoms with Crippen molar-refractivity contribution in [3.8, 4) is 11.5 Å². The van der Waals surface area contributed by atoms with Crippen LogP contribution in [0.2, 0.25) is 5.02 Å². The van der Waals surface area contributed by atoms with E-state index in [4.69, 9.17) is 38.9 Å². The lowest BCUT2D eigenvalue weighted by molar-refractivity contribution is 0.122. The number of hydrogen-bond acceptors (Lipinski definition) is 6. The highest BCUT2D eigenvalue weighted by Crippen LogP contribution is 2.41. The highest BCUT2D eigenvalue weighted by atomic mass is 35.5. The fraction of sp³-hybridized carbons (Fsp3) is 0.286. The third-order valence-corrected chi connectivity index (χ3v) is 5.66. The van der Waals surface area contributed by atoms with Crippen molar-refractivity contribution < 1.29 is 9.13 Å². The van der Waals surface area contributed by atoms with Crippen molar-refractivity contribution in [2.45, 2.75) is 11.7 Å². The topological polar surface area (TPSA) is 51.1 Å². The van der Waals surface area contributed by atoms with Crippen LogP contribution in [0.3, 0.4) is 0 Å². The molecule has 0 bridgehead atoms. The van der Waals surface area contributed by atoms with E-state index in [1.165, 1.54) is 6.07 Å². The van der Waals surface area contributed by atoms with E-state index in [2.05, 4.69) is 9.88 Å². The van der Waals surface area contributed by atoms with E-state index in [1.807, 2.05) is 24.3 Å². The Bertz CT molecular complexity index is 993. The van der Waals surface area contributed by atoms with Gasteiger partial charge in [-0.15, -0.1) is 0 Å². The van der Waals surface area contributed by atoms with Crippen LogP contribution in [-0.4, -0.2) is 41.3 Å². The highest BCUT2D eigenvalue weighted by Gasteiger charge is 2.33. The van der Waals surface area contributed by atoms with Gasteiger partial charge in [0.25, 0.3) is 0 Å². The summed E-state index contributed by atoms with van der Waals surface area (Å²) in [7, 11) is 0. The van der Waals surface area contributed by atoms with Crippen molar-refractivity contribution in [1.29, 1.82) is 0 Å². The van der Waals surface area contributed by atoms with E-state index < -0.39 is 10.6 Å². The van der Waals surface area contributed by atoms with Gasteiger partial charge in [0.05, 0.1) is 23.7 Å². The fourth-order valence-electron chi connectivity index (χ4n) is 3.34. The summed E-state index contributed by atoms with van der Waals surface area (Å²) in [5, 5.41) is 0.299. The summed E-state index contributed by atoms with van der Waals surface area (Å²) in [6.45, 7) is 4.45. The summed E-state index contributed by atoms with van der Waals surface area (Å²) in [5.74, 6) is 0.755. The molecule has 3 heterocycles. The van der Waals surface area contributed by atoms with Gasteiger partial charge in [-0.25, -0.2) is 14.4 Å². The van der Waals surface area contributed by atoms with E-state index in [-0.39, 0.29) is 5.56 Å². The number of benzene rings is 1. The summed E-state index contributed by atoms with van der Waals surface area (Å²) in [6.07, 6.45) is 1.69. The van der Waals surface area contributed by atoms with Crippen LogP contribution >= 0.6 is 24.2 Å². The Morgan fingerprint density at radius 1 is 1.14 bits per heavy atom. The molecular formula is C21H20ClFN4OS. The molecule has 0 aliphatic carbocycles. The lowest BCUT2D eigenvalue weighted by atomic mass is 9.95. The standard InChI is InChI=1S/C21H20ClFN4OS/c1-21(29,19-14(22)5-4-6-15(19)23)17-13-18(27-9-11-28-12-10-27)26-20(25-17)16-7-2-3-8-24-16/h2-8,13,29H,9-12H2,1H3. The predicted molar refractivity (Wildman–Crippen MR) is 115 cm³/mol. The van der Waals surface area contributed by atoms with Crippen LogP contribution in [0.4, 0.5) is 10.2 Å². The molecule has 5 nitrogen and oxygen atoms in total. The average Bonchev–Trinajstić information content (AvgIpc) is 2.74. The van der Waals surface area contributed by atoms with Crippen LogP contribution in [0.5, 0.6) is 0 Å². The Labute approximate surface area is 179 Å². The predicted octanol–water partition coefficient (Wildman–Crippen LogP) is 4.36. The van der Waals surface area contributed by atoms with Crippen molar-refractivity contribution in [2.75, 3.05) is 31.2 Å². The van der Waals surface area contributed by atoms with Crippen molar-refractivity contribution in [3.63, 3.8) is 0 Å². The molecule has 1 fully saturated rings. The first kappa shape index (κ1) is 20.1. The first-order valence-electron chi connectivity index (χ1n) is 9.27. The van der Waals surface area contributed by atoms with E-state index in [1.54, 1.807) is 25.3 Å². The SMILES string of the molecule is CC(S)(c1cc(N2CCOCC2)nc(-c2ccccn2)n1)c1c(F)cccc1Cl. The first-order valence-corrected chi connectivity index (χ1v) is 10.1. The Morgan fingerprint density at radius 3 is 2.62 bits per heavy atom. The van der Waals surface area contributed by atoms with Gasteiger partial charge in [-0.1, -0.05) is 23.7 Å². The van der Waals surface area contributed by atoms with Crippen LogP contribution in [0, 0.1) is 5.82 Å². The molecule has 8 heteroatoms. The number of pyridine rings is 1. The third kappa shape index (κ3) is 4.08. The van der Waals surface area contributed by atoms with E-state index in [0.29, 0.717) is 48.5 Å². The van der Waals surface area contributed by atoms with Gasteiger partial charge in [-0.3, -0.25) is 4.98 Å². The second kappa shape index (κ2) is 8.26. The molecule has 150 valence electrons. The molecule has 0 saturated carbocycles. The van der Waals surface area contributed by atoms with E-state index >= 15 is 0 Å². The molecule has 1 aliphatic rings. The molecule has 29 heavy (non-hydrogen) atoms. The number of ether oxygens (including phenoxy) is 1. The van der Waals surface area contributed by atoms with Gasteiger partial charge in [0.15, 0.2) is 5.82 Å². The summed E-state index contributed by atoms with van der Waals surface area (Å²) in [6, 6.07) is 12.0. The molecule has 0 N–H and O–H groups in total. The van der Waals surface area contributed by atoms with E-state index in [9.17, 15) is 4.39 Å². The minimum atomic E-state index is -1.07. The minimum Gasteiger partial charge on any atom is -0.378 e. The van der Waals surface area contributed by atoms with Crippen molar-refractivity contribution in [2.24, 2.45) is 0 Å². The number of thiol groups is 1. The molecule has 1 aromatic carbocycles. The Balaban J connectivity index is 1.87. The summed E-state index contributed by atoms with van der Waals surface area (Å²) < 4.78 is 19.1. The van der Waals surface area contributed by atoms with Crippen molar-refractivity contribution >= 4 is 30.0 Å². The molecule has 0 spiro atoms. The summed E-state index contributed by atoms with van der Waals surface area (Å²) in [5.41, 5.74) is 1.46. The Hall–Kier alpha value is -2.22. The third-order valence-electron chi connectivity index (χ3n) is 4.89. The van der Waals surface area contributed by atoms with Crippen LogP contribution < -0.4 is 4.90 Å². The minimum absolute atomic E-state index is 0.281. The molecule has 0 radical (unpaired) electrons. The molecule has 1 atom stereocenters. The zero-order valence-electron chi connectivity index (χ0n) is 15.8. The Kier molecular flexibility index (Phi) is 5.72. The van der Waals surface area contributed by atoms with Crippen LogP contribution in [0.1, 0.15) is 18.2 Å². The van der Waals surface area contributed by atoms with Crippen LogP contribution in [0.25, 0.3) is 11.5 Å². The number of anilines is 1. The highest BCUT2D eigenvalue weighted by molar-refractivity contribution is 7.81. The summed E-state index contributed by atoms with van der Waals surface area (Å²) in [4.78, 5) is 15.9. The van der Waals surface area contributed by atoms with E-state index in [0.717, 1.165) is 5.82 Å². The monoisotopic (exact) mass is 430 g/mol. The maximum absolute atomic E-state index is 14.7. The van der Waals surface area contributed by atoms with Crippen LogP contribution in [0.15, 0.2) is 48.7 Å². The van der Waals surface area contributed by atoms with Gasteiger partial charge in [0.1, 0.15) is 17.3 Å². The van der Waals surface area contributed by atoms with Gasteiger partial charge in [-0.05, 0) is 31.2 Å². The Morgan fingerprint density at radius 2 is 1.93 bits per heavy atom. The van der Waals surface area contributed by atoms with Crippen LogP contribution in [-0.2, 0) is 9.48 Å². The second-order valence-corrected chi connectivity index (χ2v) is 8.22. The average molecular weight is 431 g/mol. The number of morpholine rings is 1. The van der Waals surface area contributed by atoms with Gasteiger partial charge in [0.2, 0.25) is 0 Å². The molecule has 3 aromatic rings. The van der Waals surface area contributed by atoms with Gasteiger partial charge < -0.3 is 9.64 Å². The number of rotatable bonds is 4. The number of halogens is 2. The van der Waals surface area contributed by atoms with Gasteiger partial charge >= 0.3 is 0 Å². The largest absolute Gasteiger partial charge is 0.378 e. The second-order valence-electron chi connectivity index (χ2n) is 6.92. The lowest BCUT2D eigenvalue weighted by Gasteiger charge is -2.30. The number of hydrogen-bond donors (Lipinski definition) is 1. The zero-order chi connectivity index (χ0) is 20.4. The quantitative estimate of drug-likeness (QED) is 0.623.